The molecule has 1 aliphatic rings. The maximum absolute atomic E-state index is 8.82. The smallest absolute Gasteiger partial charge is 0.226 e. The van der Waals surface area contributed by atoms with Gasteiger partial charge in [0.15, 0.2) is 0 Å². The average Bonchev–Trinajstić information content (AvgIpc) is 2.89. The first kappa shape index (κ1) is 9.13. The van der Waals surface area contributed by atoms with Gasteiger partial charge in [-0.2, -0.15) is 5.26 Å². The van der Waals surface area contributed by atoms with Crippen LogP contribution in [0.3, 0.4) is 0 Å². The molecule has 2 aromatic rings. The Hall–Kier alpha value is -2.12. The van der Waals surface area contributed by atoms with Crippen LogP contribution in [0.1, 0.15) is 17.0 Å². The molecule has 0 fully saturated rings. The van der Waals surface area contributed by atoms with E-state index in [9.17, 15) is 0 Å². The lowest BCUT2D eigenvalue weighted by molar-refractivity contribution is 0.511. The SMILES string of the molecule is N#Cc1cccc(-c2nc3c(o2)CNC3)c1. The fourth-order valence-electron chi connectivity index (χ4n) is 1.80. The zero-order chi connectivity index (χ0) is 11.0. The molecule has 1 aromatic heterocycles. The van der Waals surface area contributed by atoms with Crippen molar-refractivity contribution in [3.63, 3.8) is 0 Å². The molecule has 0 spiro atoms. The van der Waals surface area contributed by atoms with Crippen LogP contribution in [0.5, 0.6) is 0 Å². The Morgan fingerprint density at radius 3 is 3.12 bits per heavy atom. The van der Waals surface area contributed by atoms with Gasteiger partial charge in [0.1, 0.15) is 5.76 Å². The van der Waals surface area contributed by atoms with E-state index in [2.05, 4.69) is 16.4 Å². The second-order valence-corrected chi connectivity index (χ2v) is 3.69. The Bertz CT molecular complexity index is 559. The summed E-state index contributed by atoms with van der Waals surface area (Å²) >= 11 is 0. The first-order chi connectivity index (χ1) is 7.86. The minimum absolute atomic E-state index is 0.601. The van der Waals surface area contributed by atoms with Crippen LogP contribution in [0.4, 0.5) is 0 Å². The topological polar surface area (TPSA) is 61.9 Å². The molecule has 0 saturated heterocycles. The molecule has 0 saturated carbocycles. The molecular weight excluding hydrogens is 202 g/mol. The molecule has 0 amide bonds. The quantitative estimate of drug-likeness (QED) is 0.781. The predicted octanol–water partition coefficient (Wildman–Crippen LogP) is 1.82. The van der Waals surface area contributed by atoms with Crippen molar-refractivity contribution < 1.29 is 4.42 Å². The van der Waals surface area contributed by atoms with E-state index >= 15 is 0 Å². The molecule has 78 valence electrons. The van der Waals surface area contributed by atoms with E-state index in [1.54, 1.807) is 12.1 Å². The van der Waals surface area contributed by atoms with E-state index in [0.717, 1.165) is 30.1 Å². The number of benzene rings is 1. The van der Waals surface area contributed by atoms with Crippen LogP contribution < -0.4 is 5.32 Å². The van der Waals surface area contributed by atoms with Crippen molar-refractivity contribution in [2.45, 2.75) is 13.1 Å². The number of aromatic nitrogens is 1. The Labute approximate surface area is 92.5 Å². The number of nitrogens with one attached hydrogen (secondary N) is 1. The summed E-state index contributed by atoms with van der Waals surface area (Å²) in [5, 5.41) is 12.0. The Balaban J connectivity index is 2.05. The Morgan fingerprint density at radius 2 is 2.31 bits per heavy atom. The fourth-order valence-corrected chi connectivity index (χ4v) is 1.80. The number of nitriles is 1. The highest BCUT2D eigenvalue weighted by Gasteiger charge is 2.18. The van der Waals surface area contributed by atoms with Gasteiger partial charge in [-0.25, -0.2) is 4.98 Å². The van der Waals surface area contributed by atoms with Crippen LogP contribution in [0.15, 0.2) is 28.7 Å². The molecular formula is C12H9N3O. The lowest BCUT2D eigenvalue weighted by Crippen LogP contribution is -2.01. The Morgan fingerprint density at radius 1 is 1.38 bits per heavy atom. The summed E-state index contributed by atoms with van der Waals surface area (Å²) in [5.74, 6) is 1.50. The van der Waals surface area contributed by atoms with Crippen LogP contribution in [0.2, 0.25) is 0 Å². The zero-order valence-electron chi connectivity index (χ0n) is 8.53. The minimum atomic E-state index is 0.601. The molecule has 3 rings (SSSR count). The molecule has 4 nitrogen and oxygen atoms in total. The molecule has 0 unspecified atom stereocenters. The maximum atomic E-state index is 8.82. The van der Waals surface area contributed by atoms with Gasteiger partial charge in [-0.05, 0) is 18.2 Å². The summed E-state index contributed by atoms with van der Waals surface area (Å²) < 4.78 is 5.63. The van der Waals surface area contributed by atoms with E-state index in [1.807, 2.05) is 12.1 Å². The molecule has 0 radical (unpaired) electrons. The molecule has 0 bridgehead atoms. The third-order valence-electron chi connectivity index (χ3n) is 2.59. The van der Waals surface area contributed by atoms with Crippen molar-refractivity contribution in [3.05, 3.63) is 41.3 Å². The second-order valence-electron chi connectivity index (χ2n) is 3.69. The number of hydrogen-bond acceptors (Lipinski definition) is 4. The van der Waals surface area contributed by atoms with Crippen LogP contribution in [0.25, 0.3) is 11.5 Å². The van der Waals surface area contributed by atoms with Crippen molar-refractivity contribution in [2.75, 3.05) is 0 Å². The number of oxazole rings is 1. The predicted molar refractivity (Wildman–Crippen MR) is 57.2 cm³/mol. The van der Waals surface area contributed by atoms with Gasteiger partial charge in [0.2, 0.25) is 5.89 Å². The highest BCUT2D eigenvalue weighted by atomic mass is 16.4. The normalized spacial score (nSPS) is 13.4. The third kappa shape index (κ3) is 1.38. The molecule has 0 atom stereocenters. The summed E-state index contributed by atoms with van der Waals surface area (Å²) in [7, 11) is 0. The molecule has 0 aliphatic carbocycles. The van der Waals surface area contributed by atoms with E-state index in [1.165, 1.54) is 0 Å². The summed E-state index contributed by atoms with van der Waals surface area (Å²) in [6, 6.07) is 9.39. The summed E-state index contributed by atoms with van der Waals surface area (Å²) in [6.45, 7) is 1.50. The molecule has 16 heavy (non-hydrogen) atoms. The van der Waals surface area contributed by atoms with Crippen LogP contribution in [-0.4, -0.2) is 4.98 Å². The third-order valence-corrected chi connectivity index (χ3v) is 2.59. The van der Waals surface area contributed by atoms with Gasteiger partial charge in [0, 0.05) is 12.1 Å². The summed E-state index contributed by atoms with van der Waals surface area (Å²) in [5.41, 5.74) is 2.44. The van der Waals surface area contributed by atoms with E-state index < -0.39 is 0 Å². The second kappa shape index (κ2) is 3.47. The lowest BCUT2D eigenvalue weighted by atomic mass is 10.1. The van der Waals surface area contributed by atoms with E-state index in [0.29, 0.717) is 11.5 Å². The van der Waals surface area contributed by atoms with Crippen molar-refractivity contribution in [3.8, 4) is 17.5 Å². The van der Waals surface area contributed by atoms with Crippen LogP contribution in [0, 0.1) is 11.3 Å². The van der Waals surface area contributed by atoms with E-state index in [4.69, 9.17) is 9.68 Å². The van der Waals surface area contributed by atoms with Gasteiger partial charge in [-0.15, -0.1) is 0 Å². The standard InChI is InChI=1S/C12H9N3O/c13-5-8-2-1-3-9(4-8)12-15-10-6-14-7-11(10)16-12/h1-4,14H,6-7H2. The van der Waals surface area contributed by atoms with Crippen LogP contribution >= 0.6 is 0 Å². The Kier molecular flexibility index (Phi) is 1.98. The minimum Gasteiger partial charge on any atom is -0.439 e. The lowest BCUT2D eigenvalue weighted by Gasteiger charge is -1.96. The van der Waals surface area contributed by atoms with Gasteiger partial charge in [-0.3, -0.25) is 0 Å². The van der Waals surface area contributed by atoms with Gasteiger partial charge in [0.25, 0.3) is 0 Å². The largest absolute Gasteiger partial charge is 0.439 e. The van der Waals surface area contributed by atoms with Crippen molar-refractivity contribution in [1.29, 1.82) is 5.26 Å². The summed E-state index contributed by atoms with van der Waals surface area (Å²) in [4.78, 5) is 4.40. The van der Waals surface area contributed by atoms with Gasteiger partial charge < -0.3 is 9.73 Å². The zero-order valence-corrected chi connectivity index (χ0v) is 8.53. The number of hydrogen-bond donors (Lipinski definition) is 1. The maximum Gasteiger partial charge on any atom is 0.226 e. The van der Waals surface area contributed by atoms with Crippen molar-refractivity contribution in [1.82, 2.24) is 10.3 Å². The molecule has 2 heterocycles. The first-order valence-corrected chi connectivity index (χ1v) is 5.06. The van der Waals surface area contributed by atoms with E-state index in [-0.39, 0.29) is 0 Å². The van der Waals surface area contributed by atoms with Crippen LogP contribution in [-0.2, 0) is 13.1 Å². The van der Waals surface area contributed by atoms with Crippen molar-refractivity contribution >= 4 is 0 Å². The molecule has 1 aliphatic heterocycles. The summed E-state index contributed by atoms with van der Waals surface area (Å²) in [6.07, 6.45) is 0. The first-order valence-electron chi connectivity index (χ1n) is 5.06. The monoisotopic (exact) mass is 211 g/mol. The molecule has 1 aromatic carbocycles. The number of rotatable bonds is 1. The number of fused-ring (bicyclic) bond motifs is 1. The van der Waals surface area contributed by atoms with Gasteiger partial charge >= 0.3 is 0 Å². The molecule has 4 heteroatoms. The highest BCUT2D eigenvalue weighted by Crippen LogP contribution is 2.24. The highest BCUT2D eigenvalue weighted by molar-refractivity contribution is 5.57. The number of nitrogens with zero attached hydrogens (tertiary/aromatic N) is 2. The average molecular weight is 211 g/mol. The fraction of sp³-hybridized carbons (Fsp3) is 0.167. The van der Waals surface area contributed by atoms with Crippen molar-refractivity contribution in [2.24, 2.45) is 0 Å². The van der Waals surface area contributed by atoms with Gasteiger partial charge in [-0.1, -0.05) is 6.07 Å². The molecule has 1 N–H and O–H groups in total. The van der Waals surface area contributed by atoms with Gasteiger partial charge in [0.05, 0.1) is 23.9 Å².